The molecule has 1 aliphatic heterocycles. The Morgan fingerprint density at radius 1 is 1.05 bits per heavy atom. The van der Waals surface area contributed by atoms with Gasteiger partial charge in [-0.3, -0.25) is 19.3 Å². The van der Waals surface area contributed by atoms with Crippen LogP contribution >= 0.6 is 0 Å². The lowest BCUT2D eigenvalue weighted by molar-refractivity contribution is -0.137. The summed E-state index contributed by atoms with van der Waals surface area (Å²) in [6.07, 6.45) is 1.03. The van der Waals surface area contributed by atoms with E-state index >= 15 is 0 Å². The highest BCUT2D eigenvalue weighted by Gasteiger charge is 2.37. The predicted molar refractivity (Wildman–Crippen MR) is 72.8 cm³/mol. The summed E-state index contributed by atoms with van der Waals surface area (Å²) in [4.78, 5) is 36.3. The highest BCUT2D eigenvalue weighted by Crippen LogP contribution is 2.28. The fourth-order valence-electron chi connectivity index (χ4n) is 2.47. The van der Waals surface area contributed by atoms with Crippen LogP contribution in [0, 0.1) is 13.8 Å². The van der Waals surface area contributed by atoms with E-state index in [0.29, 0.717) is 24.0 Å². The average Bonchev–Trinajstić information content (AvgIpc) is 2.63. The molecule has 0 aliphatic carbocycles. The second-order valence-corrected chi connectivity index (χ2v) is 5.06. The summed E-state index contributed by atoms with van der Waals surface area (Å²) in [5.41, 5.74) is 2.59. The van der Waals surface area contributed by atoms with E-state index in [2.05, 4.69) is 0 Å². The molecule has 1 N–H and O–H groups in total. The molecule has 0 aromatic heterocycles. The highest BCUT2D eigenvalue weighted by molar-refractivity contribution is 6.22. The van der Waals surface area contributed by atoms with Gasteiger partial charge in [0.2, 0.25) is 0 Å². The van der Waals surface area contributed by atoms with Crippen LogP contribution in [0.15, 0.2) is 12.1 Å². The zero-order chi connectivity index (χ0) is 14.9. The number of hydrogen-bond acceptors (Lipinski definition) is 3. The molecule has 0 saturated heterocycles. The lowest BCUT2D eigenvalue weighted by Gasteiger charge is -2.13. The Labute approximate surface area is 117 Å². The summed E-state index contributed by atoms with van der Waals surface area (Å²) in [5, 5.41) is 8.58. The van der Waals surface area contributed by atoms with Gasteiger partial charge in [0.15, 0.2) is 0 Å². The number of carbonyl (C=O) groups is 3. The van der Waals surface area contributed by atoms with Gasteiger partial charge in [0.05, 0.1) is 11.1 Å². The number of amides is 2. The number of fused-ring (bicyclic) bond motifs is 1. The van der Waals surface area contributed by atoms with Crippen LogP contribution in [-0.4, -0.2) is 34.3 Å². The van der Waals surface area contributed by atoms with Crippen LogP contribution in [0.4, 0.5) is 0 Å². The summed E-state index contributed by atoms with van der Waals surface area (Å²) in [7, 11) is 0. The first-order valence-electron chi connectivity index (χ1n) is 6.61. The molecule has 2 amide bonds. The molecule has 0 unspecified atom stereocenters. The van der Waals surface area contributed by atoms with E-state index in [1.54, 1.807) is 0 Å². The van der Waals surface area contributed by atoms with Gasteiger partial charge in [-0.15, -0.1) is 0 Å². The van der Waals surface area contributed by atoms with Crippen LogP contribution in [0.3, 0.4) is 0 Å². The van der Waals surface area contributed by atoms with Gasteiger partial charge in [-0.1, -0.05) is 12.1 Å². The maximum absolute atomic E-state index is 12.3. The molecular weight excluding hydrogens is 258 g/mol. The molecule has 0 atom stereocenters. The van der Waals surface area contributed by atoms with Crippen molar-refractivity contribution in [2.24, 2.45) is 0 Å². The van der Waals surface area contributed by atoms with Crippen molar-refractivity contribution in [3.8, 4) is 0 Å². The predicted octanol–water partition coefficient (Wildman–Crippen LogP) is 2.15. The quantitative estimate of drug-likeness (QED) is 0.660. The number of aliphatic carboxylic acids is 1. The van der Waals surface area contributed by atoms with Crippen molar-refractivity contribution in [2.45, 2.75) is 33.1 Å². The third-order valence-corrected chi connectivity index (χ3v) is 3.56. The highest BCUT2D eigenvalue weighted by atomic mass is 16.4. The summed E-state index contributed by atoms with van der Waals surface area (Å²) < 4.78 is 0. The van der Waals surface area contributed by atoms with Crippen molar-refractivity contribution in [2.75, 3.05) is 6.54 Å². The van der Waals surface area contributed by atoms with Crippen molar-refractivity contribution in [3.05, 3.63) is 34.4 Å². The molecule has 20 heavy (non-hydrogen) atoms. The largest absolute Gasteiger partial charge is 0.481 e. The maximum atomic E-state index is 12.3. The normalized spacial score (nSPS) is 13.8. The number of carboxylic acids is 1. The summed E-state index contributed by atoms with van der Waals surface area (Å²) in [6, 6.07) is 3.68. The number of benzene rings is 1. The van der Waals surface area contributed by atoms with Crippen LogP contribution in [0.5, 0.6) is 0 Å². The Bertz CT molecular complexity index is 551. The fourth-order valence-corrected chi connectivity index (χ4v) is 2.47. The summed E-state index contributed by atoms with van der Waals surface area (Å²) in [5.74, 6) is -1.39. The van der Waals surface area contributed by atoms with Crippen molar-refractivity contribution in [1.82, 2.24) is 4.90 Å². The first-order chi connectivity index (χ1) is 9.43. The Hall–Kier alpha value is -2.17. The van der Waals surface area contributed by atoms with E-state index < -0.39 is 5.97 Å². The smallest absolute Gasteiger partial charge is 0.303 e. The summed E-state index contributed by atoms with van der Waals surface area (Å²) >= 11 is 0. The van der Waals surface area contributed by atoms with Crippen LogP contribution in [-0.2, 0) is 4.79 Å². The molecule has 1 aromatic rings. The van der Waals surface area contributed by atoms with Crippen LogP contribution in [0.1, 0.15) is 51.1 Å². The Morgan fingerprint density at radius 3 is 2.00 bits per heavy atom. The van der Waals surface area contributed by atoms with Crippen LogP contribution < -0.4 is 0 Å². The van der Waals surface area contributed by atoms with Crippen molar-refractivity contribution in [1.29, 1.82) is 0 Å². The number of nitrogens with zero attached hydrogens (tertiary/aromatic N) is 1. The van der Waals surface area contributed by atoms with Gasteiger partial charge < -0.3 is 5.11 Å². The van der Waals surface area contributed by atoms with Gasteiger partial charge in [0, 0.05) is 13.0 Å². The minimum absolute atomic E-state index is 0.0568. The van der Waals surface area contributed by atoms with Crippen LogP contribution in [0.25, 0.3) is 0 Å². The van der Waals surface area contributed by atoms with E-state index in [0.717, 1.165) is 11.1 Å². The molecule has 1 aromatic carbocycles. The monoisotopic (exact) mass is 275 g/mol. The zero-order valence-corrected chi connectivity index (χ0v) is 11.6. The van der Waals surface area contributed by atoms with Crippen molar-refractivity contribution < 1.29 is 19.5 Å². The number of hydrogen-bond donors (Lipinski definition) is 1. The van der Waals surface area contributed by atoms with E-state index in [4.69, 9.17) is 5.11 Å². The van der Waals surface area contributed by atoms with Gasteiger partial charge >= 0.3 is 5.97 Å². The molecule has 0 bridgehead atoms. The van der Waals surface area contributed by atoms with Gasteiger partial charge in [-0.2, -0.15) is 0 Å². The van der Waals surface area contributed by atoms with Crippen molar-refractivity contribution >= 4 is 17.8 Å². The van der Waals surface area contributed by atoms with E-state index in [1.807, 2.05) is 26.0 Å². The molecule has 106 valence electrons. The average molecular weight is 275 g/mol. The van der Waals surface area contributed by atoms with Gasteiger partial charge in [0.25, 0.3) is 11.8 Å². The fraction of sp³-hybridized carbons (Fsp3) is 0.400. The minimum Gasteiger partial charge on any atom is -0.481 e. The number of unbranched alkanes of at least 4 members (excludes halogenated alkanes) is 1. The second kappa shape index (κ2) is 5.45. The van der Waals surface area contributed by atoms with E-state index in [-0.39, 0.29) is 24.8 Å². The van der Waals surface area contributed by atoms with Crippen LogP contribution in [0.2, 0.25) is 0 Å². The molecule has 5 nitrogen and oxygen atoms in total. The topological polar surface area (TPSA) is 74.7 Å². The molecule has 5 heteroatoms. The molecular formula is C15H17NO4. The summed E-state index contributed by atoms with van der Waals surface area (Å²) in [6.45, 7) is 3.91. The Morgan fingerprint density at radius 2 is 1.55 bits per heavy atom. The minimum atomic E-state index is -0.862. The molecule has 1 heterocycles. The van der Waals surface area contributed by atoms with Gasteiger partial charge in [-0.25, -0.2) is 0 Å². The standard InChI is InChI=1S/C15H17NO4/c1-9-6-7-10(2)13-12(9)14(19)16(15(13)20)8-4-3-5-11(17)18/h6-7H,3-5,8H2,1-2H3,(H,17,18). The zero-order valence-electron chi connectivity index (χ0n) is 11.6. The number of aryl methyl sites for hydroxylation is 2. The molecule has 0 fully saturated rings. The van der Waals surface area contributed by atoms with E-state index in [9.17, 15) is 14.4 Å². The molecule has 0 saturated carbocycles. The van der Waals surface area contributed by atoms with Gasteiger partial charge in [-0.05, 0) is 37.8 Å². The number of carbonyl (C=O) groups excluding carboxylic acids is 2. The number of rotatable bonds is 5. The lowest BCUT2D eigenvalue weighted by atomic mass is 9.99. The van der Waals surface area contributed by atoms with Crippen molar-refractivity contribution in [3.63, 3.8) is 0 Å². The molecule has 0 spiro atoms. The maximum Gasteiger partial charge on any atom is 0.303 e. The number of imide groups is 1. The second-order valence-electron chi connectivity index (χ2n) is 5.06. The van der Waals surface area contributed by atoms with Gasteiger partial charge in [0.1, 0.15) is 0 Å². The molecule has 2 rings (SSSR count). The Balaban J connectivity index is 2.14. The molecule has 1 aliphatic rings. The molecule has 0 radical (unpaired) electrons. The first kappa shape index (κ1) is 14.2. The number of carboxylic acid groups (broad SMARTS) is 1. The Kier molecular flexibility index (Phi) is 3.88. The third-order valence-electron chi connectivity index (χ3n) is 3.56. The SMILES string of the molecule is Cc1ccc(C)c2c1C(=O)N(CCCCC(=O)O)C2=O. The first-order valence-corrected chi connectivity index (χ1v) is 6.61. The third kappa shape index (κ3) is 2.43. The lowest BCUT2D eigenvalue weighted by Crippen LogP contribution is -2.31. The van der Waals surface area contributed by atoms with E-state index in [1.165, 1.54) is 4.90 Å².